The van der Waals surface area contributed by atoms with Crippen LogP contribution in [0.1, 0.15) is 56.1 Å². The number of aliphatic hydroxyl groups is 4. The molecule has 2 saturated carbocycles. The fourth-order valence-electron chi connectivity index (χ4n) is 7.09. The molecule has 31 heavy (non-hydrogen) atoms. The van der Waals surface area contributed by atoms with Crippen LogP contribution in [0.25, 0.3) is 0 Å². The quantitative estimate of drug-likeness (QED) is 0.488. The van der Waals surface area contributed by atoms with Gasteiger partial charge < -0.3 is 35.0 Å². The molecule has 5 N–H and O–H groups in total. The van der Waals surface area contributed by atoms with Gasteiger partial charge >= 0.3 is 0 Å². The molecular weight excluding hydrogens is 400 g/mol. The van der Waals surface area contributed by atoms with Crippen molar-refractivity contribution in [2.24, 2.45) is 17.3 Å². The minimum absolute atomic E-state index is 0.0472. The summed E-state index contributed by atoms with van der Waals surface area (Å²) in [5, 5.41) is 49.9. The minimum Gasteiger partial charge on any atom is -0.508 e. The van der Waals surface area contributed by atoms with Gasteiger partial charge in [-0.05, 0) is 85.0 Å². The van der Waals surface area contributed by atoms with E-state index in [9.17, 15) is 25.5 Å². The summed E-state index contributed by atoms with van der Waals surface area (Å²) >= 11 is 0. The van der Waals surface area contributed by atoms with Gasteiger partial charge in [0.15, 0.2) is 6.29 Å². The largest absolute Gasteiger partial charge is 0.508 e. The molecule has 0 bridgehead atoms. The number of benzene rings is 1. The van der Waals surface area contributed by atoms with Crippen LogP contribution in [0.2, 0.25) is 0 Å². The highest BCUT2D eigenvalue weighted by Gasteiger charge is 2.57. The number of fused-ring (bicyclic) bond motifs is 5. The third kappa shape index (κ3) is 3.41. The van der Waals surface area contributed by atoms with Crippen LogP contribution in [0.5, 0.6) is 5.75 Å². The number of hydrogen-bond acceptors (Lipinski definition) is 7. The van der Waals surface area contributed by atoms with Crippen LogP contribution in [-0.4, -0.2) is 68.9 Å². The lowest BCUT2D eigenvalue weighted by Crippen LogP contribution is -2.60. The molecule has 7 heteroatoms. The van der Waals surface area contributed by atoms with E-state index in [4.69, 9.17) is 9.47 Å². The lowest BCUT2D eigenvalue weighted by atomic mass is 9.55. The number of phenolic OH excluding ortho intramolecular Hbond substituents is 1. The summed E-state index contributed by atoms with van der Waals surface area (Å²) in [6, 6.07) is 5.81. The Kier molecular flexibility index (Phi) is 5.56. The van der Waals surface area contributed by atoms with Crippen molar-refractivity contribution in [3.63, 3.8) is 0 Å². The van der Waals surface area contributed by atoms with Gasteiger partial charge in [-0.15, -0.1) is 0 Å². The van der Waals surface area contributed by atoms with Crippen molar-refractivity contribution in [2.75, 3.05) is 6.61 Å². The van der Waals surface area contributed by atoms with Crippen LogP contribution in [0.4, 0.5) is 0 Å². The molecule has 1 aliphatic heterocycles. The van der Waals surface area contributed by atoms with Gasteiger partial charge in [-0.25, -0.2) is 0 Å². The molecule has 10 atom stereocenters. The maximum Gasteiger partial charge on any atom is 0.186 e. The first-order chi connectivity index (χ1) is 14.8. The average molecular weight is 435 g/mol. The van der Waals surface area contributed by atoms with Crippen molar-refractivity contribution in [3.05, 3.63) is 29.3 Å². The fourth-order valence-corrected chi connectivity index (χ4v) is 7.09. The maximum absolute atomic E-state index is 10.4. The van der Waals surface area contributed by atoms with Crippen LogP contribution in [0, 0.1) is 17.3 Å². The molecular formula is C24H34O7. The Balaban J connectivity index is 1.33. The van der Waals surface area contributed by atoms with E-state index in [2.05, 4.69) is 13.0 Å². The summed E-state index contributed by atoms with van der Waals surface area (Å²) in [4.78, 5) is 0. The van der Waals surface area contributed by atoms with E-state index >= 15 is 0 Å². The molecule has 4 aliphatic rings. The zero-order chi connectivity index (χ0) is 21.9. The fraction of sp³-hybridized carbons (Fsp3) is 0.750. The molecule has 0 amide bonds. The van der Waals surface area contributed by atoms with E-state index in [0.717, 1.165) is 38.5 Å². The second-order valence-corrected chi connectivity index (χ2v) is 10.2. The number of aromatic hydroxyl groups is 1. The summed E-state index contributed by atoms with van der Waals surface area (Å²) in [6.45, 7) is 1.83. The number of rotatable bonds is 3. The molecule has 0 unspecified atom stereocenters. The van der Waals surface area contributed by atoms with Crippen molar-refractivity contribution in [2.45, 2.75) is 88.2 Å². The highest BCUT2D eigenvalue weighted by Crippen LogP contribution is 2.61. The molecule has 1 saturated heterocycles. The second-order valence-electron chi connectivity index (χ2n) is 10.2. The predicted octanol–water partition coefficient (Wildman–Crippen LogP) is 1.43. The van der Waals surface area contributed by atoms with Crippen molar-refractivity contribution in [3.8, 4) is 5.75 Å². The summed E-state index contributed by atoms with van der Waals surface area (Å²) in [5.74, 6) is 1.92. The van der Waals surface area contributed by atoms with Gasteiger partial charge in [-0.2, -0.15) is 0 Å². The first kappa shape index (κ1) is 21.6. The van der Waals surface area contributed by atoms with Crippen molar-refractivity contribution in [1.82, 2.24) is 0 Å². The van der Waals surface area contributed by atoms with Gasteiger partial charge in [0.2, 0.25) is 0 Å². The Bertz CT molecular complexity index is 813. The Morgan fingerprint density at radius 2 is 1.87 bits per heavy atom. The number of hydrogen-bond donors (Lipinski definition) is 5. The molecule has 1 heterocycles. The SMILES string of the molecule is C[C@]12CC[C@@H]3c4ccc(O)cc4CC[C@H]3[C@@H]1CC[C@@H]2O[C@@H]1O[C@@H](CO)[C@@H](O)[C@@H](O)[C@@H]1O. The Labute approximate surface area is 182 Å². The molecule has 172 valence electrons. The summed E-state index contributed by atoms with van der Waals surface area (Å²) < 4.78 is 11.9. The summed E-state index contributed by atoms with van der Waals surface area (Å²) in [7, 11) is 0. The van der Waals surface area contributed by atoms with Crippen LogP contribution < -0.4 is 0 Å². The third-order valence-corrected chi connectivity index (χ3v) is 8.77. The third-order valence-electron chi connectivity index (χ3n) is 8.77. The molecule has 3 fully saturated rings. The number of aryl methyl sites for hydroxylation is 1. The molecule has 0 radical (unpaired) electrons. The van der Waals surface area contributed by atoms with E-state index < -0.39 is 37.3 Å². The molecule has 1 aromatic rings. The predicted molar refractivity (Wildman–Crippen MR) is 111 cm³/mol. The lowest BCUT2D eigenvalue weighted by Gasteiger charge is -2.51. The zero-order valence-corrected chi connectivity index (χ0v) is 17.9. The van der Waals surface area contributed by atoms with Crippen molar-refractivity contribution >= 4 is 0 Å². The number of phenols is 1. The highest BCUT2D eigenvalue weighted by atomic mass is 16.7. The lowest BCUT2D eigenvalue weighted by molar-refractivity contribution is -0.319. The first-order valence-corrected chi connectivity index (χ1v) is 11.6. The van der Waals surface area contributed by atoms with Gasteiger partial charge in [0.25, 0.3) is 0 Å². The van der Waals surface area contributed by atoms with Crippen LogP contribution in [-0.2, 0) is 15.9 Å². The Morgan fingerprint density at radius 3 is 2.65 bits per heavy atom. The molecule has 1 aromatic carbocycles. The van der Waals surface area contributed by atoms with Crippen LogP contribution in [0.3, 0.4) is 0 Å². The van der Waals surface area contributed by atoms with E-state index in [1.165, 1.54) is 11.1 Å². The van der Waals surface area contributed by atoms with E-state index in [1.807, 2.05) is 6.07 Å². The monoisotopic (exact) mass is 434 g/mol. The average Bonchev–Trinajstić information content (AvgIpc) is 3.09. The van der Waals surface area contributed by atoms with Gasteiger partial charge in [-0.1, -0.05) is 13.0 Å². The molecule has 5 rings (SSSR count). The number of ether oxygens (including phenoxy) is 2. The van der Waals surface area contributed by atoms with Gasteiger partial charge in [0.05, 0.1) is 12.7 Å². The standard InChI is InChI=1S/C24H34O7/c1-24-9-8-15-14-5-3-13(26)10-12(14)2-4-16(15)17(24)6-7-19(24)31-23-22(29)21(28)20(27)18(11-25)30-23/h3,5,10,15-23,25-29H,2,4,6-9,11H2,1H3/t15-,16-,17+,18+,19+,20-,21-,22+,23+,24+/m1/s1. The summed E-state index contributed by atoms with van der Waals surface area (Å²) in [6.07, 6.45) is -0.206. The smallest absolute Gasteiger partial charge is 0.186 e. The van der Waals surface area contributed by atoms with E-state index in [-0.39, 0.29) is 11.5 Å². The molecule has 0 aromatic heterocycles. The highest BCUT2D eigenvalue weighted by molar-refractivity contribution is 5.40. The molecule has 7 nitrogen and oxygen atoms in total. The van der Waals surface area contributed by atoms with Gasteiger partial charge in [-0.3, -0.25) is 0 Å². The summed E-state index contributed by atoms with van der Waals surface area (Å²) in [5.41, 5.74) is 2.61. The second kappa shape index (κ2) is 7.97. The topological polar surface area (TPSA) is 120 Å². The first-order valence-electron chi connectivity index (χ1n) is 11.6. The number of aliphatic hydroxyl groups excluding tert-OH is 4. The molecule has 3 aliphatic carbocycles. The van der Waals surface area contributed by atoms with Crippen LogP contribution in [0.15, 0.2) is 18.2 Å². The normalized spacial score (nSPS) is 46.8. The van der Waals surface area contributed by atoms with E-state index in [0.29, 0.717) is 23.5 Å². The van der Waals surface area contributed by atoms with Gasteiger partial charge in [0, 0.05) is 0 Å². The maximum atomic E-state index is 10.4. The zero-order valence-electron chi connectivity index (χ0n) is 17.9. The van der Waals surface area contributed by atoms with Crippen molar-refractivity contribution < 1.29 is 35.0 Å². The Hall–Kier alpha value is -1.22. The van der Waals surface area contributed by atoms with Gasteiger partial charge in [0.1, 0.15) is 30.2 Å². The van der Waals surface area contributed by atoms with Crippen molar-refractivity contribution in [1.29, 1.82) is 0 Å². The molecule has 0 spiro atoms. The Morgan fingerprint density at radius 1 is 1.06 bits per heavy atom. The van der Waals surface area contributed by atoms with Crippen LogP contribution >= 0.6 is 0 Å². The minimum atomic E-state index is -1.41. The van der Waals surface area contributed by atoms with E-state index in [1.54, 1.807) is 6.07 Å².